The largest absolute Gasteiger partial charge is 0.490 e. The second-order valence-electron chi connectivity index (χ2n) is 7.62. The first-order chi connectivity index (χ1) is 14.7. The number of hydrogen-bond acceptors (Lipinski definition) is 4. The van der Waals surface area contributed by atoms with Crippen LogP contribution in [-0.4, -0.2) is 41.9 Å². The van der Waals surface area contributed by atoms with Crippen LogP contribution in [-0.2, 0) is 4.79 Å². The van der Waals surface area contributed by atoms with Crippen molar-refractivity contribution in [2.75, 3.05) is 13.2 Å². The van der Waals surface area contributed by atoms with Gasteiger partial charge >= 0.3 is 0 Å². The van der Waals surface area contributed by atoms with Crippen molar-refractivity contribution in [2.45, 2.75) is 46.7 Å². The maximum atomic E-state index is 13.0. The Morgan fingerprint density at radius 3 is 2.19 bits per heavy atom. The molecule has 2 aromatic carbocycles. The van der Waals surface area contributed by atoms with E-state index >= 15 is 0 Å². The van der Waals surface area contributed by atoms with E-state index in [0.29, 0.717) is 23.7 Å². The number of allylic oxidation sites excluding steroid dienone is 1. The molecule has 0 aromatic heterocycles. The highest BCUT2D eigenvalue weighted by atomic mass is 19.1. The lowest BCUT2D eigenvalue weighted by atomic mass is 10.1. The molecule has 0 atom stereocenters. The summed E-state index contributed by atoms with van der Waals surface area (Å²) in [5.41, 5.74) is 1.14. The van der Waals surface area contributed by atoms with Crippen molar-refractivity contribution in [1.82, 2.24) is 4.90 Å². The van der Waals surface area contributed by atoms with E-state index in [9.17, 15) is 14.0 Å². The Morgan fingerprint density at radius 2 is 1.61 bits per heavy atom. The van der Waals surface area contributed by atoms with E-state index in [4.69, 9.17) is 9.47 Å². The molecule has 2 rings (SSSR count). The smallest absolute Gasteiger partial charge is 0.260 e. The summed E-state index contributed by atoms with van der Waals surface area (Å²) < 4.78 is 24.4. The summed E-state index contributed by atoms with van der Waals surface area (Å²) in [6.07, 6.45) is 3.08. The van der Waals surface area contributed by atoms with E-state index < -0.39 is 0 Å². The van der Waals surface area contributed by atoms with Crippen molar-refractivity contribution in [3.63, 3.8) is 0 Å². The summed E-state index contributed by atoms with van der Waals surface area (Å²) in [5, 5.41) is 0. The normalized spacial score (nSPS) is 11.2. The van der Waals surface area contributed by atoms with Crippen molar-refractivity contribution >= 4 is 17.8 Å². The van der Waals surface area contributed by atoms with Gasteiger partial charge in [-0.15, -0.1) is 0 Å². The maximum absolute atomic E-state index is 13.0. The zero-order valence-corrected chi connectivity index (χ0v) is 18.7. The fraction of sp³-hybridized carbons (Fsp3) is 0.360. The Hall–Kier alpha value is -3.15. The highest BCUT2D eigenvalue weighted by Gasteiger charge is 2.21. The van der Waals surface area contributed by atoms with Crippen LogP contribution in [0.25, 0.3) is 6.08 Å². The molecule has 5 nitrogen and oxygen atoms in total. The van der Waals surface area contributed by atoms with Gasteiger partial charge in [-0.3, -0.25) is 9.59 Å². The number of halogens is 1. The van der Waals surface area contributed by atoms with E-state index in [-0.39, 0.29) is 36.2 Å². The lowest BCUT2D eigenvalue weighted by molar-refractivity contribution is -0.137. The average Bonchev–Trinajstić information content (AvgIpc) is 2.71. The van der Waals surface area contributed by atoms with Gasteiger partial charge in [-0.25, -0.2) is 4.39 Å². The lowest BCUT2D eigenvalue weighted by Gasteiger charge is -2.30. The van der Waals surface area contributed by atoms with Gasteiger partial charge in [0.05, 0.1) is 6.61 Å². The molecule has 0 spiro atoms. The van der Waals surface area contributed by atoms with Crippen LogP contribution in [0.2, 0.25) is 0 Å². The average molecular weight is 428 g/mol. The summed E-state index contributed by atoms with van der Waals surface area (Å²) >= 11 is 0. The number of nitrogens with zero attached hydrogens (tertiary/aromatic N) is 1. The number of ketones is 1. The van der Waals surface area contributed by atoms with Crippen LogP contribution in [0.15, 0.2) is 48.5 Å². The van der Waals surface area contributed by atoms with E-state index in [2.05, 4.69) is 0 Å². The van der Waals surface area contributed by atoms with Crippen LogP contribution in [0.1, 0.15) is 50.5 Å². The summed E-state index contributed by atoms with van der Waals surface area (Å²) in [5.74, 6) is 0.241. The quantitative estimate of drug-likeness (QED) is 0.389. The number of carbonyl (C=O) groups excluding carboxylic acids is 2. The second-order valence-corrected chi connectivity index (χ2v) is 7.62. The molecule has 0 saturated heterocycles. The molecule has 0 unspecified atom stereocenters. The molecule has 0 fully saturated rings. The van der Waals surface area contributed by atoms with Gasteiger partial charge in [0, 0.05) is 17.6 Å². The maximum Gasteiger partial charge on any atom is 0.260 e. The first-order valence-corrected chi connectivity index (χ1v) is 10.4. The number of amides is 1. The number of ether oxygens (including phenoxy) is 2. The molecule has 0 aliphatic heterocycles. The minimum absolute atomic E-state index is 0.0774. The molecule has 166 valence electrons. The van der Waals surface area contributed by atoms with E-state index in [1.807, 2.05) is 34.6 Å². The van der Waals surface area contributed by atoms with Gasteiger partial charge in [-0.2, -0.15) is 0 Å². The summed E-state index contributed by atoms with van der Waals surface area (Å²) in [7, 11) is 0. The minimum atomic E-state index is -0.388. The summed E-state index contributed by atoms with van der Waals surface area (Å²) in [4.78, 5) is 26.6. The topological polar surface area (TPSA) is 55.8 Å². The third-order valence-corrected chi connectivity index (χ3v) is 4.58. The predicted octanol–water partition coefficient (Wildman–Crippen LogP) is 5.14. The standard InChI is InChI=1S/C25H30FNO4/c1-6-30-24-15-19(7-13-22(28)20-9-11-21(26)12-10-20)8-14-23(24)31-16-25(29)27(17(2)3)18(4)5/h7-15,17-18H,6,16H2,1-5H3/b13-7+. The second kappa shape index (κ2) is 11.3. The van der Waals surface area contributed by atoms with Gasteiger partial charge in [-0.1, -0.05) is 12.1 Å². The Morgan fingerprint density at radius 1 is 0.968 bits per heavy atom. The van der Waals surface area contributed by atoms with Crippen molar-refractivity contribution in [3.8, 4) is 11.5 Å². The molecule has 0 bridgehead atoms. The van der Waals surface area contributed by atoms with Gasteiger partial charge in [0.15, 0.2) is 23.9 Å². The molecule has 0 radical (unpaired) electrons. The number of rotatable bonds is 10. The Labute approximate surface area is 183 Å². The summed E-state index contributed by atoms with van der Waals surface area (Å²) in [6, 6.07) is 10.8. The SMILES string of the molecule is CCOc1cc(/C=C/C(=O)c2ccc(F)cc2)ccc1OCC(=O)N(C(C)C)C(C)C. The Balaban J connectivity index is 2.12. The molecule has 2 aromatic rings. The molecule has 0 aliphatic rings. The van der Waals surface area contributed by atoms with Crippen molar-refractivity contribution in [1.29, 1.82) is 0 Å². The summed E-state index contributed by atoms with van der Waals surface area (Å²) in [6.45, 7) is 10.1. The van der Waals surface area contributed by atoms with Crippen LogP contribution in [0, 0.1) is 5.82 Å². The van der Waals surface area contributed by atoms with Gasteiger partial charge < -0.3 is 14.4 Å². The predicted molar refractivity (Wildman–Crippen MR) is 120 cm³/mol. The Kier molecular flexibility index (Phi) is 8.79. The fourth-order valence-electron chi connectivity index (χ4n) is 3.28. The first-order valence-electron chi connectivity index (χ1n) is 10.4. The van der Waals surface area contributed by atoms with Crippen molar-refractivity contribution in [2.24, 2.45) is 0 Å². The molecule has 0 saturated carbocycles. The third-order valence-electron chi connectivity index (χ3n) is 4.58. The molecule has 0 heterocycles. The van der Waals surface area contributed by atoms with E-state index in [1.165, 1.54) is 30.3 Å². The van der Waals surface area contributed by atoms with E-state index in [0.717, 1.165) is 5.56 Å². The van der Waals surface area contributed by atoms with Crippen LogP contribution in [0.3, 0.4) is 0 Å². The molecule has 1 amide bonds. The van der Waals surface area contributed by atoms with Crippen molar-refractivity contribution in [3.05, 3.63) is 65.5 Å². The monoisotopic (exact) mass is 427 g/mol. The van der Waals surface area contributed by atoms with Crippen LogP contribution in [0.4, 0.5) is 4.39 Å². The Bertz CT molecular complexity index is 912. The highest BCUT2D eigenvalue weighted by Crippen LogP contribution is 2.29. The lowest BCUT2D eigenvalue weighted by Crippen LogP contribution is -2.44. The zero-order valence-electron chi connectivity index (χ0n) is 18.7. The van der Waals surface area contributed by atoms with Crippen molar-refractivity contribution < 1.29 is 23.5 Å². The number of carbonyl (C=O) groups is 2. The van der Waals surface area contributed by atoms with Gasteiger partial charge in [0.2, 0.25) is 0 Å². The molecule has 31 heavy (non-hydrogen) atoms. The molecule has 0 N–H and O–H groups in total. The van der Waals surface area contributed by atoms with E-state index in [1.54, 1.807) is 29.2 Å². The highest BCUT2D eigenvalue weighted by molar-refractivity contribution is 6.06. The van der Waals surface area contributed by atoms with Crippen LogP contribution in [0.5, 0.6) is 11.5 Å². The zero-order chi connectivity index (χ0) is 23.0. The molecule has 6 heteroatoms. The fourth-order valence-corrected chi connectivity index (χ4v) is 3.28. The number of hydrogen-bond donors (Lipinski definition) is 0. The van der Waals surface area contributed by atoms with Gasteiger partial charge in [-0.05, 0) is 82.7 Å². The minimum Gasteiger partial charge on any atom is -0.490 e. The molecular formula is C25H30FNO4. The first kappa shape index (κ1) is 24.1. The van der Waals surface area contributed by atoms with Crippen LogP contribution < -0.4 is 9.47 Å². The van der Waals surface area contributed by atoms with Gasteiger partial charge in [0.1, 0.15) is 5.82 Å². The van der Waals surface area contributed by atoms with Crippen LogP contribution >= 0.6 is 0 Å². The number of benzene rings is 2. The molecular weight excluding hydrogens is 397 g/mol. The molecule has 0 aliphatic carbocycles. The third kappa shape index (κ3) is 6.95. The van der Waals surface area contributed by atoms with Gasteiger partial charge in [0.25, 0.3) is 5.91 Å².